The molecule has 0 aromatic rings. The van der Waals surface area contributed by atoms with Gasteiger partial charge in [-0.3, -0.25) is 9.59 Å². The molecule has 2 N–H and O–H groups in total. The van der Waals surface area contributed by atoms with E-state index in [0.29, 0.717) is 6.42 Å². The van der Waals surface area contributed by atoms with E-state index in [4.69, 9.17) is 5.11 Å². The molecule has 2 rings (SSSR count). The van der Waals surface area contributed by atoms with E-state index in [1.54, 1.807) is 4.90 Å². The van der Waals surface area contributed by atoms with Crippen molar-refractivity contribution in [1.29, 1.82) is 0 Å². The second-order valence-electron chi connectivity index (χ2n) is 5.37. The van der Waals surface area contributed by atoms with Crippen LogP contribution in [0.25, 0.3) is 0 Å². The summed E-state index contributed by atoms with van der Waals surface area (Å²) in [6.07, 6.45) is 0.262. The van der Waals surface area contributed by atoms with Crippen LogP contribution >= 0.6 is 0 Å². The maximum absolute atomic E-state index is 11.7. The van der Waals surface area contributed by atoms with Gasteiger partial charge >= 0.3 is 5.97 Å². The number of carboxylic acids is 1. The molecule has 0 spiro atoms. The highest BCUT2D eigenvalue weighted by atomic mass is 16.4. The van der Waals surface area contributed by atoms with E-state index in [0.717, 1.165) is 0 Å². The quantitative estimate of drug-likeness (QED) is 0.700. The largest absolute Gasteiger partial charge is 0.481 e. The monoisotopic (exact) mass is 227 g/mol. The summed E-state index contributed by atoms with van der Waals surface area (Å²) in [4.78, 5) is 24.1. The number of rotatable bonds is 2. The van der Waals surface area contributed by atoms with Crippen LogP contribution < -0.4 is 0 Å². The molecule has 0 aromatic carbocycles. The minimum atomic E-state index is -0.909. The van der Waals surface area contributed by atoms with Crippen LogP contribution in [0.2, 0.25) is 0 Å². The van der Waals surface area contributed by atoms with Gasteiger partial charge in [0.1, 0.15) is 0 Å². The first-order valence-corrected chi connectivity index (χ1v) is 5.54. The Morgan fingerprint density at radius 2 is 2.12 bits per heavy atom. The van der Waals surface area contributed by atoms with E-state index in [1.165, 1.54) is 0 Å². The molecule has 0 radical (unpaired) electrons. The number of likely N-dealkylation sites (tertiary alicyclic amines) is 1. The molecule has 16 heavy (non-hydrogen) atoms. The fraction of sp³-hybridized carbons (Fsp3) is 0.818. The molecule has 1 saturated heterocycles. The molecule has 90 valence electrons. The first-order valence-electron chi connectivity index (χ1n) is 5.54. The summed E-state index contributed by atoms with van der Waals surface area (Å²) in [7, 11) is 0. The molecule has 5 heteroatoms. The molecule has 5 nitrogen and oxygen atoms in total. The summed E-state index contributed by atoms with van der Waals surface area (Å²) in [5, 5.41) is 18.5. The van der Waals surface area contributed by atoms with Gasteiger partial charge in [-0.2, -0.15) is 0 Å². The van der Waals surface area contributed by atoms with Gasteiger partial charge < -0.3 is 15.1 Å². The van der Waals surface area contributed by atoms with Gasteiger partial charge in [0.25, 0.3) is 0 Å². The Morgan fingerprint density at radius 1 is 1.50 bits per heavy atom. The molecule has 2 aliphatic rings. The maximum atomic E-state index is 11.7. The lowest BCUT2D eigenvalue weighted by Gasteiger charge is -2.53. The van der Waals surface area contributed by atoms with Gasteiger partial charge in [-0.25, -0.2) is 0 Å². The third-order valence-corrected chi connectivity index (χ3v) is 4.05. The minimum absolute atomic E-state index is 0.0145. The SMILES string of the molecule is CC1(C)C(O)CC1N1CC(C(=O)O)CC1=O. The van der Waals surface area contributed by atoms with Crippen LogP contribution in [0.1, 0.15) is 26.7 Å². The Balaban J connectivity index is 2.07. The summed E-state index contributed by atoms with van der Waals surface area (Å²) in [5.74, 6) is -1.59. The number of amides is 1. The molecule has 3 atom stereocenters. The molecule has 1 aliphatic heterocycles. The fourth-order valence-electron chi connectivity index (χ4n) is 2.61. The molecule has 0 aromatic heterocycles. The van der Waals surface area contributed by atoms with E-state index in [2.05, 4.69) is 0 Å². The van der Waals surface area contributed by atoms with Crippen molar-refractivity contribution in [3.63, 3.8) is 0 Å². The van der Waals surface area contributed by atoms with E-state index >= 15 is 0 Å². The smallest absolute Gasteiger partial charge is 0.308 e. The zero-order valence-electron chi connectivity index (χ0n) is 9.51. The lowest BCUT2D eigenvalue weighted by molar-refractivity contribution is -0.150. The molecule has 1 saturated carbocycles. The molecule has 1 heterocycles. The summed E-state index contributed by atoms with van der Waals surface area (Å²) in [6.45, 7) is 4.11. The number of nitrogens with zero attached hydrogens (tertiary/aromatic N) is 1. The summed E-state index contributed by atoms with van der Waals surface area (Å²) in [6, 6.07) is -0.0145. The Morgan fingerprint density at radius 3 is 2.50 bits per heavy atom. The summed E-state index contributed by atoms with van der Waals surface area (Å²) in [5.41, 5.74) is -0.316. The first-order chi connectivity index (χ1) is 7.34. The second-order valence-corrected chi connectivity index (χ2v) is 5.37. The van der Waals surface area contributed by atoms with E-state index in [9.17, 15) is 14.7 Å². The van der Waals surface area contributed by atoms with E-state index in [-0.39, 0.29) is 30.3 Å². The molecular weight excluding hydrogens is 210 g/mol. The van der Waals surface area contributed by atoms with Crippen LogP contribution in [-0.2, 0) is 9.59 Å². The fourth-order valence-corrected chi connectivity index (χ4v) is 2.61. The Labute approximate surface area is 94.0 Å². The lowest BCUT2D eigenvalue weighted by atomic mass is 9.64. The van der Waals surface area contributed by atoms with E-state index in [1.807, 2.05) is 13.8 Å². The van der Waals surface area contributed by atoms with Gasteiger partial charge in [-0.05, 0) is 6.42 Å². The van der Waals surface area contributed by atoms with Gasteiger partial charge in [-0.1, -0.05) is 13.8 Å². The number of hydrogen-bond donors (Lipinski definition) is 2. The first kappa shape index (κ1) is 11.4. The van der Waals surface area contributed by atoms with Gasteiger partial charge in [0.15, 0.2) is 0 Å². The van der Waals surface area contributed by atoms with Crippen LogP contribution in [0.3, 0.4) is 0 Å². The maximum Gasteiger partial charge on any atom is 0.308 e. The summed E-state index contributed by atoms with van der Waals surface area (Å²) >= 11 is 0. The average Bonchev–Trinajstić information content (AvgIpc) is 2.56. The van der Waals surface area contributed by atoms with Gasteiger partial charge in [0.2, 0.25) is 5.91 Å². The van der Waals surface area contributed by atoms with Crippen LogP contribution in [0.5, 0.6) is 0 Å². The third-order valence-electron chi connectivity index (χ3n) is 4.05. The van der Waals surface area contributed by atoms with Crippen molar-refractivity contribution in [3.05, 3.63) is 0 Å². The summed E-state index contributed by atoms with van der Waals surface area (Å²) < 4.78 is 0. The predicted molar refractivity (Wildman–Crippen MR) is 55.6 cm³/mol. The average molecular weight is 227 g/mol. The highest BCUT2D eigenvalue weighted by Crippen LogP contribution is 2.45. The van der Waals surface area contributed by atoms with Crippen molar-refractivity contribution in [2.45, 2.75) is 38.8 Å². The van der Waals surface area contributed by atoms with Crippen molar-refractivity contribution >= 4 is 11.9 Å². The number of aliphatic hydroxyl groups is 1. The van der Waals surface area contributed by atoms with Gasteiger partial charge in [0.05, 0.1) is 12.0 Å². The third kappa shape index (κ3) is 1.50. The molecule has 0 bridgehead atoms. The van der Waals surface area contributed by atoms with Crippen molar-refractivity contribution < 1.29 is 19.8 Å². The predicted octanol–water partition coefficient (Wildman–Crippen LogP) is 0.0789. The Kier molecular flexibility index (Phi) is 2.45. The van der Waals surface area contributed by atoms with Crippen LogP contribution in [-0.4, -0.2) is 45.7 Å². The van der Waals surface area contributed by atoms with Crippen LogP contribution in [0.15, 0.2) is 0 Å². The number of aliphatic hydroxyl groups excluding tert-OH is 1. The minimum Gasteiger partial charge on any atom is -0.481 e. The van der Waals surface area contributed by atoms with Crippen molar-refractivity contribution in [2.75, 3.05) is 6.54 Å². The highest BCUT2D eigenvalue weighted by Gasteiger charge is 2.53. The Hall–Kier alpha value is -1.10. The normalized spacial score (nSPS) is 37.3. The topological polar surface area (TPSA) is 77.8 Å². The van der Waals surface area contributed by atoms with Crippen molar-refractivity contribution in [2.24, 2.45) is 11.3 Å². The molecule has 1 aliphatic carbocycles. The lowest BCUT2D eigenvalue weighted by Crippen LogP contribution is -2.61. The number of hydrogen-bond acceptors (Lipinski definition) is 3. The standard InChI is InChI=1S/C11H17NO4/c1-11(2)7(4-8(11)13)12-5-6(10(15)16)3-9(12)14/h6-8,13H,3-5H2,1-2H3,(H,15,16). The molecule has 3 unspecified atom stereocenters. The van der Waals surface area contributed by atoms with Crippen molar-refractivity contribution in [1.82, 2.24) is 4.90 Å². The zero-order valence-corrected chi connectivity index (χ0v) is 9.51. The van der Waals surface area contributed by atoms with Crippen LogP contribution in [0, 0.1) is 11.3 Å². The van der Waals surface area contributed by atoms with E-state index < -0.39 is 18.0 Å². The number of carbonyl (C=O) groups excluding carboxylic acids is 1. The van der Waals surface area contributed by atoms with Crippen molar-refractivity contribution in [3.8, 4) is 0 Å². The van der Waals surface area contributed by atoms with Gasteiger partial charge in [0, 0.05) is 24.4 Å². The highest BCUT2D eigenvalue weighted by molar-refractivity contribution is 5.86. The number of carboxylic acid groups (broad SMARTS) is 1. The Bertz CT molecular complexity index is 339. The molecule has 2 fully saturated rings. The van der Waals surface area contributed by atoms with Gasteiger partial charge in [-0.15, -0.1) is 0 Å². The van der Waals surface area contributed by atoms with Crippen LogP contribution in [0.4, 0.5) is 0 Å². The zero-order chi connectivity index (χ0) is 12.1. The second kappa shape index (κ2) is 3.45. The number of aliphatic carboxylic acids is 1. The molecule has 1 amide bonds. The number of carbonyl (C=O) groups is 2. The molecular formula is C11H17NO4.